The molecule has 0 unspecified atom stereocenters. The molecule has 0 aromatic carbocycles. The van der Waals surface area contributed by atoms with E-state index in [1.807, 2.05) is 0 Å². The van der Waals surface area contributed by atoms with Crippen LogP contribution in [0.15, 0.2) is 0 Å². The molecular formula is C11H20N2O3. The number of likely N-dealkylation sites (tertiary alicyclic amines) is 1. The van der Waals surface area contributed by atoms with Crippen LogP contribution in [-0.4, -0.2) is 50.1 Å². The summed E-state index contributed by atoms with van der Waals surface area (Å²) in [6.45, 7) is 3.16. The van der Waals surface area contributed by atoms with Crippen molar-refractivity contribution in [1.29, 1.82) is 0 Å². The zero-order chi connectivity index (χ0) is 11.4. The minimum absolute atomic E-state index is 0.0736. The van der Waals surface area contributed by atoms with Gasteiger partial charge in [-0.1, -0.05) is 0 Å². The van der Waals surface area contributed by atoms with Gasteiger partial charge in [-0.2, -0.15) is 0 Å². The highest BCUT2D eigenvalue weighted by molar-refractivity contribution is 5.59. The molecule has 2 rings (SSSR count). The van der Waals surface area contributed by atoms with Gasteiger partial charge in [0.1, 0.15) is 0 Å². The van der Waals surface area contributed by atoms with Crippen LogP contribution in [0.4, 0.5) is 4.79 Å². The molecule has 2 fully saturated rings. The van der Waals surface area contributed by atoms with Crippen molar-refractivity contribution >= 4 is 6.16 Å². The lowest BCUT2D eigenvalue weighted by atomic mass is 10.1. The van der Waals surface area contributed by atoms with E-state index in [2.05, 4.69) is 15.0 Å². The molecule has 0 aliphatic carbocycles. The number of methoxy groups -OCH3 is 1. The molecule has 2 aliphatic heterocycles. The fourth-order valence-corrected chi connectivity index (χ4v) is 2.60. The first kappa shape index (κ1) is 11.7. The fourth-order valence-electron chi connectivity index (χ4n) is 2.60. The summed E-state index contributed by atoms with van der Waals surface area (Å²) < 4.78 is 9.82. The summed E-state index contributed by atoms with van der Waals surface area (Å²) in [5.74, 6) is 0. The molecule has 2 saturated heterocycles. The Bertz CT molecular complexity index is 241. The zero-order valence-corrected chi connectivity index (χ0v) is 9.78. The van der Waals surface area contributed by atoms with Crippen molar-refractivity contribution in [1.82, 2.24) is 10.2 Å². The number of ether oxygens (including phenoxy) is 2. The number of hydrogen-bond donors (Lipinski definition) is 1. The normalized spacial score (nSPS) is 27.9. The van der Waals surface area contributed by atoms with Crippen molar-refractivity contribution < 1.29 is 14.3 Å². The topological polar surface area (TPSA) is 50.8 Å². The molecule has 1 N–H and O–H groups in total. The van der Waals surface area contributed by atoms with E-state index in [-0.39, 0.29) is 6.23 Å². The fraction of sp³-hybridized carbons (Fsp3) is 0.909. The minimum Gasteiger partial charge on any atom is -0.438 e. The van der Waals surface area contributed by atoms with Crippen LogP contribution in [0.3, 0.4) is 0 Å². The smallest absolute Gasteiger partial charge is 0.438 e. The van der Waals surface area contributed by atoms with Crippen molar-refractivity contribution in [2.45, 2.75) is 38.0 Å². The van der Waals surface area contributed by atoms with E-state index in [0.29, 0.717) is 6.04 Å². The molecule has 2 heterocycles. The van der Waals surface area contributed by atoms with E-state index < -0.39 is 6.16 Å². The van der Waals surface area contributed by atoms with Gasteiger partial charge < -0.3 is 14.8 Å². The monoisotopic (exact) mass is 228 g/mol. The highest BCUT2D eigenvalue weighted by Gasteiger charge is 2.33. The molecule has 16 heavy (non-hydrogen) atoms. The second-order valence-electron chi connectivity index (χ2n) is 4.39. The van der Waals surface area contributed by atoms with Gasteiger partial charge in [-0.25, -0.2) is 4.79 Å². The maximum atomic E-state index is 11.1. The molecule has 1 atom stereocenters. The number of carbonyl (C=O) groups excluding carboxylic acids is 1. The number of carbonyl (C=O) groups is 1. The quantitative estimate of drug-likeness (QED) is 0.713. The van der Waals surface area contributed by atoms with Crippen LogP contribution in [-0.2, 0) is 9.47 Å². The van der Waals surface area contributed by atoms with Gasteiger partial charge in [-0.15, -0.1) is 0 Å². The summed E-state index contributed by atoms with van der Waals surface area (Å²) in [6.07, 6.45) is 3.67. The first-order chi connectivity index (χ1) is 7.81. The molecule has 0 amide bonds. The highest BCUT2D eigenvalue weighted by Crippen LogP contribution is 2.25. The van der Waals surface area contributed by atoms with Crippen molar-refractivity contribution in [3.63, 3.8) is 0 Å². The summed E-state index contributed by atoms with van der Waals surface area (Å²) >= 11 is 0. The number of nitrogens with zero attached hydrogens (tertiary/aromatic N) is 1. The van der Waals surface area contributed by atoms with E-state index in [4.69, 9.17) is 4.74 Å². The first-order valence-electron chi connectivity index (χ1n) is 6.02. The first-order valence-corrected chi connectivity index (χ1v) is 6.02. The molecule has 92 valence electrons. The van der Waals surface area contributed by atoms with Crippen LogP contribution in [0.2, 0.25) is 0 Å². The largest absolute Gasteiger partial charge is 0.509 e. The third-order valence-corrected chi connectivity index (χ3v) is 3.41. The van der Waals surface area contributed by atoms with Gasteiger partial charge in [0.2, 0.25) is 0 Å². The maximum Gasteiger partial charge on any atom is 0.509 e. The standard InChI is InChI=1S/C11H20N2O3/c1-15-11(14)16-10-3-2-8-13(10)9-4-6-12-7-5-9/h9-10,12H,2-8H2,1H3/t10-/m0/s1. The van der Waals surface area contributed by atoms with E-state index >= 15 is 0 Å². The Kier molecular flexibility index (Phi) is 4.01. The Hall–Kier alpha value is -0.810. The van der Waals surface area contributed by atoms with Gasteiger partial charge in [0, 0.05) is 12.6 Å². The van der Waals surface area contributed by atoms with Gasteiger partial charge in [0.25, 0.3) is 0 Å². The van der Waals surface area contributed by atoms with Crippen molar-refractivity contribution in [3.8, 4) is 0 Å². The third kappa shape index (κ3) is 2.65. The van der Waals surface area contributed by atoms with Crippen molar-refractivity contribution in [2.75, 3.05) is 26.7 Å². The molecule has 0 bridgehead atoms. The van der Waals surface area contributed by atoms with Gasteiger partial charge >= 0.3 is 6.16 Å². The van der Waals surface area contributed by atoms with E-state index in [1.165, 1.54) is 7.11 Å². The van der Waals surface area contributed by atoms with Gasteiger partial charge in [-0.3, -0.25) is 4.90 Å². The molecule has 0 spiro atoms. The lowest BCUT2D eigenvalue weighted by Gasteiger charge is -2.34. The SMILES string of the molecule is COC(=O)O[C@H]1CCCN1C1CCNCC1. The lowest BCUT2D eigenvalue weighted by Crippen LogP contribution is -2.46. The second kappa shape index (κ2) is 5.50. The Morgan fingerprint density at radius 2 is 2.06 bits per heavy atom. The van der Waals surface area contributed by atoms with Crippen LogP contribution < -0.4 is 5.32 Å². The van der Waals surface area contributed by atoms with Crippen LogP contribution in [0.5, 0.6) is 0 Å². The van der Waals surface area contributed by atoms with Gasteiger partial charge in [0.05, 0.1) is 7.11 Å². The summed E-state index contributed by atoms with van der Waals surface area (Å²) in [5.41, 5.74) is 0. The Morgan fingerprint density at radius 1 is 1.31 bits per heavy atom. The second-order valence-corrected chi connectivity index (χ2v) is 4.39. The highest BCUT2D eigenvalue weighted by atomic mass is 16.7. The average molecular weight is 228 g/mol. The number of piperidine rings is 1. The Balaban J connectivity index is 1.89. The Morgan fingerprint density at radius 3 is 2.75 bits per heavy atom. The summed E-state index contributed by atoms with van der Waals surface area (Å²) in [7, 11) is 1.35. The predicted molar refractivity (Wildman–Crippen MR) is 59.1 cm³/mol. The minimum atomic E-state index is -0.564. The summed E-state index contributed by atoms with van der Waals surface area (Å²) in [6, 6.07) is 0.554. The predicted octanol–water partition coefficient (Wildman–Crippen LogP) is 0.943. The van der Waals surface area contributed by atoms with Crippen molar-refractivity contribution in [3.05, 3.63) is 0 Å². The zero-order valence-electron chi connectivity index (χ0n) is 9.78. The number of hydrogen-bond acceptors (Lipinski definition) is 5. The van der Waals surface area contributed by atoms with E-state index in [0.717, 1.165) is 45.3 Å². The van der Waals surface area contributed by atoms with Crippen LogP contribution >= 0.6 is 0 Å². The molecule has 0 radical (unpaired) electrons. The van der Waals surface area contributed by atoms with Crippen LogP contribution in [0.1, 0.15) is 25.7 Å². The molecule has 5 heteroatoms. The Labute approximate surface area is 96.1 Å². The molecule has 5 nitrogen and oxygen atoms in total. The number of rotatable bonds is 2. The number of nitrogens with one attached hydrogen (secondary N) is 1. The molecule has 0 saturated carbocycles. The third-order valence-electron chi connectivity index (χ3n) is 3.41. The van der Waals surface area contributed by atoms with Crippen LogP contribution in [0, 0.1) is 0 Å². The molecule has 0 aromatic heterocycles. The van der Waals surface area contributed by atoms with Crippen LogP contribution in [0.25, 0.3) is 0 Å². The molecule has 2 aliphatic rings. The van der Waals surface area contributed by atoms with E-state index in [1.54, 1.807) is 0 Å². The molecule has 0 aromatic rings. The summed E-state index contributed by atoms with van der Waals surface area (Å²) in [5, 5.41) is 3.35. The maximum absolute atomic E-state index is 11.1. The molecular weight excluding hydrogens is 208 g/mol. The van der Waals surface area contributed by atoms with Gasteiger partial charge in [0.15, 0.2) is 6.23 Å². The van der Waals surface area contributed by atoms with Crippen molar-refractivity contribution in [2.24, 2.45) is 0 Å². The van der Waals surface area contributed by atoms with Gasteiger partial charge in [-0.05, 0) is 38.8 Å². The average Bonchev–Trinajstić information content (AvgIpc) is 2.78. The van der Waals surface area contributed by atoms with E-state index in [9.17, 15) is 4.79 Å². The lowest BCUT2D eigenvalue weighted by molar-refractivity contribution is -0.0421. The summed E-state index contributed by atoms with van der Waals surface area (Å²) in [4.78, 5) is 13.4.